The minimum absolute atomic E-state index is 0.376. The van der Waals surface area contributed by atoms with Crippen LogP contribution in [0.15, 0.2) is 12.4 Å². The van der Waals surface area contributed by atoms with Crippen LogP contribution in [0.4, 0.5) is 5.95 Å². The first-order valence-electron chi connectivity index (χ1n) is 7.64. The average molecular weight is 261 g/mol. The molecule has 0 spiro atoms. The van der Waals surface area contributed by atoms with E-state index >= 15 is 0 Å². The predicted octanol–water partition coefficient (Wildman–Crippen LogP) is 4.09. The first kappa shape index (κ1) is 13.0. The third-order valence-corrected chi connectivity index (χ3v) is 5.77. The lowest BCUT2D eigenvalue weighted by molar-refractivity contribution is 0.154. The maximum Gasteiger partial charge on any atom is 0.203 e. The average Bonchev–Trinajstić information content (AvgIpc) is 2.95. The Hall–Kier alpha value is -0.990. The molecule has 1 heterocycles. The predicted molar refractivity (Wildman–Crippen MR) is 79.3 cm³/mol. The van der Waals surface area contributed by atoms with E-state index in [1.165, 1.54) is 19.3 Å². The molecular formula is C16H27N3. The molecule has 3 unspecified atom stereocenters. The van der Waals surface area contributed by atoms with Crippen molar-refractivity contribution in [3.05, 3.63) is 12.4 Å². The van der Waals surface area contributed by atoms with Gasteiger partial charge in [0.05, 0.1) is 0 Å². The van der Waals surface area contributed by atoms with E-state index < -0.39 is 0 Å². The van der Waals surface area contributed by atoms with E-state index in [2.05, 4.69) is 55.7 Å². The summed E-state index contributed by atoms with van der Waals surface area (Å²) in [5.41, 5.74) is 0.822. The molecule has 3 nitrogen and oxygen atoms in total. The van der Waals surface area contributed by atoms with Gasteiger partial charge in [-0.15, -0.1) is 0 Å². The van der Waals surface area contributed by atoms with E-state index in [0.29, 0.717) is 22.9 Å². The van der Waals surface area contributed by atoms with E-state index in [0.717, 1.165) is 11.9 Å². The van der Waals surface area contributed by atoms with Crippen molar-refractivity contribution < 1.29 is 0 Å². The van der Waals surface area contributed by atoms with Crippen LogP contribution in [0.5, 0.6) is 0 Å². The number of nitrogens with zero attached hydrogens (tertiary/aromatic N) is 2. The van der Waals surface area contributed by atoms with Gasteiger partial charge in [0.15, 0.2) is 0 Å². The summed E-state index contributed by atoms with van der Waals surface area (Å²) in [5, 5.41) is 3.78. The minimum Gasteiger partial charge on any atom is -0.352 e. The van der Waals surface area contributed by atoms with Gasteiger partial charge in [0.1, 0.15) is 0 Å². The van der Waals surface area contributed by atoms with Crippen molar-refractivity contribution in [3.63, 3.8) is 0 Å². The molecule has 2 aliphatic rings. The molecule has 2 fully saturated rings. The van der Waals surface area contributed by atoms with Gasteiger partial charge in [0.2, 0.25) is 5.95 Å². The van der Waals surface area contributed by atoms with Gasteiger partial charge in [0, 0.05) is 24.5 Å². The number of fused-ring (bicyclic) bond motifs is 2. The van der Waals surface area contributed by atoms with E-state index in [9.17, 15) is 0 Å². The monoisotopic (exact) mass is 261 g/mol. The Balaban J connectivity index is 1.89. The van der Waals surface area contributed by atoms with Crippen molar-refractivity contribution in [1.82, 2.24) is 9.55 Å². The summed E-state index contributed by atoms with van der Waals surface area (Å²) in [5.74, 6) is 1.92. The van der Waals surface area contributed by atoms with Crippen LogP contribution in [0.3, 0.4) is 0 Å². The maximum atomic E-state index is 4.53. The molecule has 1 N–H and O–H groups in total. The highest BCUT2D eigenvalue weighted by molar-refractivity contribution is 5.33. The van der Waals surface area contributed by atoms with Crippen molar-refractivity contribution in [2.45, 2.75) is 66.0 Å². The lowest BCUT2D eigenvalue weighted by Gasteiger charge is -2.43. The van der Waals surface area contributed by atoms with Crippen LogP contribution in [0.25, 0.3) is 0 Å². The van der Waals surface area contributed by atoms with Crippen LogP contribution in [-0.4, -0.2) is 15.6 Å². The summed E-state index contributed by atoms with van der Waals surface area (Å²) in [6.45, 7) is 11.7. The van der Waals surface area contributed by atoms with Crippen molar-refractivity contribution >= 4 is 5.95 Å². The van der Waals surface area contributed by atoms with Gasteiger partial charge in [-0.3, -0.25) is 0 Å². The van der Waals surface area contributed by atoms with Gasteiger partial charge in [-0.05, 0) is 49.9 Å². The summed E-state index contributed by atoms with van der Waals surface area (Å²) < 4.78 is 2.24. The highest BCUT2D eigenvalue weighted by atomic mass is 15.2. The van der Waals surface area contributed by atoms with Gasteiger partial charge in [-0.1, -0.05) is 20.8 Å². The van der Waals surface area contributed by atoms with Crippen molar-refractivity contribution in [3.8, 4) is 0 Å². The smallest absolute Gasteiger partial charge is 0.203 e. The molecule has 0 saturated heterocycles. The SMILES string of the molecule is CC(C)n1ccnc1NC1C2(C)CCC(C2)C1(C)C. The van der Waals surface area contributed by atoms with Gasteiger partial charge < -0.3 is 9.88 Å². The standard InChI is InChI=1S/C16H27N3/c1-11(2)19-9-8-17-14(19)18-13-15(3,4)12-6-7-16(13,5)10-12/h8-9,11-13H,6-7,10H2,1-5H3,(H,17,18). The second kappa shape index (κ2) is 4.00. The van der Waals surface area contributed by atoms with E-state index in [1.807, 2.05) is 6.20 Å². The number of nitrogens with one attached hydrogen (secondary N) is 1. The number of hydrogen-bond donors (Lipinski definition) is 1. The fourth-order valence-electron chi connectivity index (χ4n) is 4.63. The number of anilines is 1. The quantitative estimate of drug-likeness (QED) is 0.888. The van der Waals surface area contributed by atoms with Crippen molar-refractivity contribution in [1.29, 1.82) is 0 Å². The molecule has 0 radical (unpaired) electrons. The first-order chi connectivity index (χ1) is 8.84. The lowest BCUT2D eigenvalue weighted by atomic mass is 9.68. The van der Waals surface area contributed by atoms with Gasteiger partial charge in [-0.2, -0.15) is 0 Å². The Morgan fingerprint density at radius 3 is 2.68 bits per heavy atom. The largest absolute Gasteiger partial charge is 0.352 e. The number of rotatable bonds is 3. The lowest BCUT2D eigenvalue weighted by Crippen LogP contribution is -2.46. The second-order valence-corrected chi connectivity index (χ2v) is 7.74. The summed E-state index contributed by atoms with van der Waals surface area (Å²) in [4.78, 5) is 4.53. The molecule has 106 valence electrons. The zero-order valence-corrected chi connectivity index (χ0v) is 12.9. The Labute approximate surface area is 116 Å². The molecule has 2 saturated carbocycles. The Morgan fingerprint density at radius 1 is 1.37 bits per heavy atom. The van der Waals surface area contributed by atoms with Gasteiger partial charge >= 0.3 is 0 Å². The Morgan fingerprint density at radius 2 is 2.11 bits per heavy atom. The Kier molecular flexibility index (Phi) is 2.74. The van der Waals surface area contributed by atoms with Gasteiger partial charge in [-0.25, -0.2) is 4.98 Å². The number of hydrogen-bond acceptors (Lipinski definition) is 2. The molecule has 0 amide bonds. The topological polar surface area (TPSA) is 29.9 Å². The highest BCUT2D eigenvalue weighted by Crippen LogP contribution is 2.63. The zero-order chi connectivity index (χ0) is 13.8. The molecule has 0 aromatic carbocycles. The van der Waals surface area contributed by atoms with Crippen LogP contribution in [0.1, 0.15) is 59.9 Å². The molecule has 2 bridgehead atoms. The molecule has 3 heteroatoms. The van der Waals surface area contributed by atoms with Crippen LogP contribution in [0.2, 0.25) is 0 Å². The fourth-order valence-corrected chi connectivity index (χ4v) is 4.63. The van der Waals surface area contributed by atoms with Crippen LogP contribution >= 0.6 is 0 Å². The first-order valence-corrected chi connectivity index (χ1v) is 7.64. The number of imidazole rings is 1. The number of aromatic nitrogens is 2. The summed E-state index contributed by atoms with van der Waals surface area (Å²) in [6.07, 6.45) is 8.13. The summed E-state index contributed by atoms with van der Waals surface area (Å²) in [6, 6.07) is 0.998. The van der Waals surface area contributed by atoms with Crippen LogP contribution < -0.4 is 5.32 Å². The molecular weight excluding hydrogens is 234 g/mol. The molecule has 19 heavy (non-hydrogen) atoms. The zero-order valence-electron chi connectivity index (χ0n) is 12.9. The molecule has 1 aromatic heterocycles. The maximum absolute atomic E-state index is 4.53. The molecule has 2 aliphatic carbocycles. The van der Waals surface area contributed by atoms with Crippen molar-refractivity contribution in [2.24, 2.45) is 16.7 Å². The van der Waals surface area contributed by atoms with Crippen LogP contribution in [0, 0.1) is 16.7 Å². The highest BCUT2D eigenvalue weighted by Gasteiger charge is 2.59. The Bertz CT molecular complexity index is 469. The van der Waals surface area contributed by atoms with E-state index in [1.54, 1.807) is 0 Å². The van der Waals surface area contributed by atoms with Gasteiger partial charge in [0.25, 0.3) is 0 Å². The van der Waals surface area contributed by atoms with E-state index in [-0.39, 0.29) is 0 Å². The molecule has 3 atom stereocenters. The minimum atomic E-state index is 0.376. The normalized spacial score (nSPS) is 36.1. The second-order valence-electron chi connectivity index (χ2n) is 7.74. The van der Waals surface area contributed by atoms with Crippen molar-refractivity contribution in [2.75, 3.05) is 5.32 Å². The third kappa shape index (κ3) is 1.81. The molecule has 0 aliphatic heterocycles. The molecule has 3 rings (SSSR count). The molecule has 1 aromatic rings. The summed E-state index contributed by atoms with van der Waals surface area (Å²) >= 11 is 0. The summed E-state index contributed by atoms with van der Waals surface area (Å²) in [7, 11) is 0. The van der Waals surface area contributed by atoms with Crippen LogP contribution in [-0.2, 0) is 0 Å². The third-order valence-electron chi connectivity index (χ3n) is 5.77. The fraction of sp³-hybridized carbons (Fsp3) is 0.812. The van der Waals surface area contributed by atoms with E-state index in [4.69, 9.17) is 0 Å².